The van der Waals surface area contributed by atoms with Crippen molar-refractivity contribution < 1.29 is 13.2 Å². The number of halogens is 3. The zero-order valence-electron chi connectivity index (χ0n) is 10.4. The molecule has 1 aliphatic rings. The fourth-order valence-corrected chi connectivity index (χ4v) is 1.35. The van der Waals surface area contributed by atoms with Gasteiger partial charge in [-0.2, -0.15) is 18.6 Å². The van der Waals surface area contributed by atoms with Crippen molar-refractivity contribution in [3.05, 3.63) is 35.4 Å². The van der Waals surface area contributed by atoms with Gasteiger partial charge in [0.15, 0.2) is 6.17 Å². The molecule has 7 heteroatoms. The van der Waals surface area contributed by atoms with Crippen molar-refractivity contribution in [2.75, 3.05) is 7.05 Å². The van der Waals surface area contributed by atoms with E-state index in [1.165, 1.54) is 17.3 Å². The quantitative estimate of drug-likeness (QED) is 0.838. The van der Waals surface area contributed by atoms with Crippen molar-refractivity contribution in [2.45, 2.75) is 26.2 Å². The molecule has 0 spiro atoms. The lowest BCUT2D eigenvalue weighted by Crippen LogP contribution is -2.26. The van der Waals surface area contributed by atoms with E-state index >= 15 is 0 Å². The van der Waals surface area contributed by atoms with Gasteiger partial charge in [0.25, 0.3) is 0 Å². The Balaban J connectivity index is 0.000000771. The second-order valence-electron chi connectivity index (χ2n) is 3.38. The summed E-state index contributed by atoms with van der Waals surface area (Å²) in [5, 5.41) is 8.93. The summed E-state index contributed by atoms with van der Waals surface area (Å²) in [5.74, 6) is 0. The SMILES string of the molecule is CC.CN1N=NC(c2ccc(C(F)(F)F)cc2)N1. The van der Waals surface area contributed by atoms with Crippen LogP contribution in [0.5, 0.6) is 0 Å². The molecule has 0 radical (unpaired) electrons. The van der Waals surface area contributed by atoms with Crippen LogP contribution in [0.4, 0.5) is 13.2 Å². The third-order valence-corrected chi connectivity index (χ3v) is 2.16. The molecule has 0 amide bonds. The average Bonchev–Trinajstić information content (AvgIpc) is 2.78. The van der Waals surface area contributed by atoms with Crippen molar-refractivity contribution in [2.24, 2.45) is 10.3 Å². The summed E-state index contributed by atoms with van der Waals surface area (Å²) in [6.45, 7) is 4.00. The second kappa shape index (κ2) is 5.81. The highest BCUT2D eigenvalue weighted by atomic mass is 19.4. The van der Waals surface area contributed by atoms with Crippen LogP contribution in [0, 0.1) is 0 Å². The summed E-state index contributed by atoms with van der Waals surface area (Å²) in [4.78, 5) is 0. The molecule has 1 atom stereocenters. The van der Waals surface area contributed by atoms with Crippen molar-refractivity contribution in [1.29, 1.82) is 0 Å². The second-order valence-corrected chi connectivity index (χ2v) is 3.38. The number of alkyl halides is 3. The van der Waals surface area contributed by atoms with Gasteiger partial charge in [0.05, 0.1) is 5.56 Å². The lowest BCUT2D eigenvalue weighted by Gasteiger charge is -2.11. The Morgan fingerprint density at radius 3 is 2.11 bits per heavy atom. The monoisotopic (exact) mass is 260 g/mol. The summed E-state index contributed by atoms with van der Waals surface area (Å²) >= 11 is 0. The third-order valence-electron chi connectivity index (χ3n) is 2.16. The lowest BCUT2D eigenvalue weighted by atomic mass is 10.1. The van der Waals surface area contributed by atoms with Gasteiger partial charge in [0, 0.05) is 7.05 Å². The van der Waals surface area contributed by atoms with E-state index in [9.17, 15) is 13.2 Å². The Bertz CT molecular complexity index is 400. The van der Waals surface area contributed by atoms with Gasteiger partial charge in [-0.1, -0.05) is 31.2 Å². The molecular weight excluding hydrogens is 245 g/mol. The summed E-state index contributed by atoms with van der Waals surface area (Å²) in [5.41, 5.74) is 2.82. The van der Waals surface area contributed by atoms with Crippen LogP contribution in [-0.4, -0.2) is 12.2 Å². The number of hydrazine groups is 1. The normalized spacial score (nSPS) is 18.6. The van der Waals surface area contributed by atoms with E-state index in [4.69, 9.17) is 0 Å². The maximum atomic E-state index is 12.3. The van der Waals surface area contributed by atoms with E-state index in [-0.39, 0.29) is 0 Å². The summed E-state index contributed by atoms with van der Waals surface area (Å²) in [6.07, 6.45) is -4.72. The molecular formula is C11H15F3N4. The van der Waals surface area contributed by atoms with Crippen molar-refractivity contribution in [3.63, 3.8) is 0 Å². The molecule has 2 rings (SSSR count). The molecule has 1 unspecified atom stereocenters. The molecule has 0 saturated heterocycles. The van der Waals surface area contributed by atoms with Gasteiger partial charge >= 0.3 is 6.18 Å². The van der Waals surface area contributed by atoms with Crippen LogP contribution in [0.3, 0.4) is 0 Å². The molecule has 1 aromatic rings. The number of hydrogen-bond donors (Lipinski definition) is 1. The molecule has 0 bridgehead atoms. The minimum Gasteiger partial charge on any atom is -0.212 e. The van der Waals surface area contributed by atoms with Gasteiger partial charge in [-0.15, -0.1) is 5.11 Å². The molecule has 1 aromatic carbocycles. The van der Waals surface area contributed by atoms with Crippen LogP contribution < -0.4 is 5.43 Å². The van der Waals surface area contributed by atoms with E-state index in [0.29, 0.717) is 5.56 Å². The van der Waals surface area contributed by atoms with Gasteiger partial charge in [0.1, 0.15) is 0 Å². The van der Waals surface area contributed by atoms with E-state index < -0.39 is 17.9 Å². The standard InChI is InChI=1S/C9H9F3N4.C2H6/c1-16-14-8(13-15-16)6-2-4-7(5-3-6)9(10,11)12;1-2/h2-5,8,14H,1H3;1-2H3. The Morgan fingerprint density at radius 1 is 1.17 bits per heavy atom. The average molecular weight is 260 g/mol. The number of rotatable bonds is 1. The lowest BCUT2D eigenvalue weighted by molar-refractivity contribution is -0.137. The largest absolute Gasteiger partial charge is 0.416 e. The fourth-order valence-electron chi connectivity index (χ4n) is 1.35. The fraction of sp³-hybridized carbons (Fsp3) is 0.455. The predicted octanol–water partition coefficient (Wildman–Crippen LogP) is 3.55. The highest BCUT2D eigenvalue weighted by molar-refractivity contribution is 5.26. The molecule has 0 saturated carbocycles. The number of hydrogen-bond acceptors (Lipinski definition) is 4. The van der Waals surface area contributed by atoms with Crippen molar-refractivity contribution in [3.8, 4) is 0 Å². The molecule has 0 fully saturated rings. The zero-order valence-corrected chi connectivity index (χ0v) is 10.4. The molecule has 1 heterocycles. The molecule has 100 valence electrons. The van der Waals surface area contributed by atoms with E-state index in [1.807, 2.05) is 13.8 Å². The minimum atomic E-state index is -4.31. The first kappa shape index (κ1) is 14.4. The molecule has 4 nitrogen and oxygen atoms in total. The first-order valence-electron chi connectivity index (χ1n) is 5.54. The maximum absolute atomic E-state index is 12.3. The van der Waals surface area contributed by atoms with Crippen LogP contribution in [0.25, 0.3) is 0 Å². The van der Waals surface area contributed by atoms with Crippen LogP contribution >= 0.6 is 0 Å². The third kappa shape index (κ3) is 3.43. The van der Waals surface area contributed by atoms with Crippen LogP contribution in [0.2, 0.25) is 0 Å². The first-order valence-corrected chi connectivity index (χ1v) is 5.54. The van der Waals surface area contributed by atoms with Gasteiger partial charge in [0.2, 0.25) is 0 Å². The molecule has 1 N–H and O–H groups in total. The molecule has 0 aromatic heterocycles. The molecule has 0 aliphatic carbocycles. The molecule has 1 aliphatic heterocycles. The number of benzene rings is 1. The van der Waals surface area contributed by atoms with Crippen LogP contribution in [0.1, 0.15) is 31.1 Å². The Morgan fingerprint density at radius 2 is 1.72 bits per heavy atom. The van der Waals surface area contributed by atoms with Gasteiger partial charge in [-0.25, -0.2) is 5.12 Å². The van der Waals surface area contributed by atoms with Gasteiger partial charge < -0.3 is 0 Å². The van der Waals surface area contributed by atoms with Crippen molar-refractivity contribution >= 4 is 0 Å². The Labute approximate surface area is 103 Å². The highest BCUT2D eigenvalue weighted by Gasteiger charge is 2.30. The van der Waals surface area contributed by atoms with Gasteiger partial charge in [-0.05, 0) is 17.7 Å². The van der Waals surface area contributed by atoms with E-state index in [0.717, 1.165) is 12.1 Å². The summed E-state index contributed by atoms with van der Waals surface area (Å²) in [6, 6.07) is 4.84. The van der Waals surface area contributed by atoms with Gasteiger partial charge in [-0.3, -0.25) is 0 Å². The number of nitrogens with zero attached hydrogens (tertiary/aromatic N) is 3. The smallest absolute Gasteiger partial charge is 0.212 e. The Kier molecular flexibility index (Phi) is 4.66. The predicted molar refractivity (Wildman–Crippen MR) is 61.3 cm³/mol. The molecule has 18 heavy (non-hydrogen) atoms. The maximum Gasteiger partial charge on any atom is 0.416 e. The van der Waals surface area contributed by atoms with E-state index in [2.05, 4.69) is 15.8 Å². The topological polar surface area (TPSA) is 40.0 Å². The van der Waals surface area contributed by atoms with Crippen molar-refractivity contribution in [1.82, 2.24) is 10.5 Å². The van der Waals surface area contributed by atoms with E-state index in [1.54, 1.807) is 7.05 Å². The zero-order chi connectivity index (χ0) is 13.8. The van der Waals surface area contributed by atoms with Crippen LogP contribution in [0.15, 0.2) is 34.6 Å². The minimum absolute atomic E-state index is 0.410. The highest BCUT2D eigenvalue weighted by Crippen LogP contribution is 2.30. The first-order chi connectivity index (χ1) is 8.47. The Hall–Kier alpha value is -1.63. The summed E-state index contributed by atoms with van der Waals surface area (Å²) in [7, 11) is 1.66. The van der Waals surface area contributed by atoms with Crippen LogP contribution in [-0.2, 0) is 6.18 Å². The summed E-state index contributed by atoms with van der Waals surface area (Å²) < 4.78 is 36.9. The number of nitrogens with one attached hydrogen (secondary N) is 1.